The van der Waals surface area contributed by atoms with Gasteiger partial charge in [0.15, 0.2) is 0 Å². The van der Waals surface area contributed by atoms with Crippen LogP contribution in [-0.4, -0.2) is 22.2 Å². The summed E-state index contributed by atoms with van der Waals surface area (Å²) in [4.78, 5) is 19.0. The maximum Gasteiger partial charge on any atom is 0.308 e. The monoisotopic (exact) mass is 424 g/mol. The fraction of sp³-hybridized carbons (Fsp3) is 0.417. The number of rotatable bonds is 3. The molecule has 2 aromatic heterocycles. The average Bonchev–Trinajstić information content (AvgIpc) is 3.03. The molecule has 0 aliphatic heterocycles. The predicted molar refractivity (Wildman–Crippen MR) is 122 cm³/mol. The molecule has 1 aliphatic rings. The van der Waals surface area contributed by atoms with Gasteiger partial charge in [0.25, 0.3) is 0 Å². The standard InChI is InChI=1S/C24H28N2O3S/c1-13-11-15-16(24(4,5)10-9-23(15,2)3)12-14(13)19-18(29-6)8-7-17(25-19)20-21(27)26-22(28)30-20/h7-8,11-12,27H,9-10H2,1-6H3,(H,26,28). The SMILES string of the molecule is COc1ccc(-c2sc(=O)[nH]c2O)nc1-c1cc2c(cc1C)C(C)(C)CCC2(C)C. The summed E-state index contributed by atoms with van der Waals surface area (Å²) in [5.41, 5.74) is 6.37. The predicted octanol–water partition coefficient (Wildman–Crippen LogP) is 5.54. The van der Waals surface area contributed by atoms with Crippen molar-refractivity contribution in [2.24, 2.45) is 0 Å². The number of hydrogen-bond acceptors (Lipinski definition) is 5. The van der Waals surface area contributed by atoms with Gasteiger partial charge < -0.3 is 9.84 Å². The van der Waals surface area contributed by atoms with E-state index in [1.54, 1.807) is 13.2 Å². The molecular weight excluding hydrogens is 396 g/mol. The van der Waals surface area contributed by atoms with Gasteiger partial charge in [0.1, 0.15) is 16.3 Å². The Kier molecular flexibility index (Phi) is 4.81. The van der Waals surface area contributed by atoms with Crippen LogP contribution in [0.2, 0.25) is 0 Å². The number of nitrogens with zero attached hydrogens (tertiary/aromatic N) is 1. The maximum atomic E-state index is 11.7. The van der Waals surface area contributed by atoms with E-state index in [-0.39, 0.29) is 21.6 Å². The van der Waals surface area contributed by atoms with Gasteiger partial charge in [-0.25, -0.2) is 4.98 Å². The van der Waals surface area contributed by atoms with Crippen LogP contribution in [0.1, 0.15) is 57.2 Å². The van der Waals surface area contributed by atoms with Crippen molar-refractivity contribution in [3.05, 3.63) is 50.6 Å². The van der Waals surface area contributed by atoms with Gasteiger partial charge >= 0.3 is 4.87 Å². The molecule has 1 aliphatic carbocycles. The van der Waals surface area contributed by atoms with Gasteiger partial charge in [-0.15, -0.1) is 0 Å². The third-order valence-corrected chi connectivity index (χ3v) is 7.29. The second kappa shape index (κ2) is 6.98. The minimum absolute atomic E-state index is 0.0799. The normalized spacial score (nSPS) is 16.9. The second-order valence-electron chi connectivity index (χ2n) is 9.42. The highest BCUT2D eigenvalue weighted by molar-refractivity contribution is 7.13. The molecule has 158 valence electrons. The van der Waals surface area contributed by atoms with E-state index >= 15 is 0 Å². The van der Waals surface area contributed by atoms with Crippen LogP contribution in [0.5, 0.6) is 11.6 Å². The van der Waals surface area contributed by atoms with Gasteiger partial charge in [0.05, 0.1) is 12.8 Å². The van der Waals surface area contributed by atoms with Crippen LogP contribution >= 0.6 is 11.3 Å². The molecule has 1 aromatic carbocycles. The first kappa shape index (κ1) is 20.7. The van der Waals surface area contributed by atoms with Crippen molar-refractivity contribution < 1.29 is 9.84 Å². The minimum Gasteiger partial charge on any atom is -0.494 e. The third kappa shape index (κ3) is 3.33. The summed E-state index contributed by atoms with van der Waals surface area (Å²) in [6.07, 6.45) is 2.29. The number of hydrogen-bond donors (Lipinski definition) is 2. The lowest BCUT2D eigenvalue weighted by molar-refractivity contribution is 0.332. The highest BCUT2D eigenvalue weighted by atomic mass is 32.1. The molecule has 0 unspecified atom stereocenters. The van der Waals surface area contributed by atoms with E-state index in [0.29, 0.717) is 16.3 Å². The van der Waals surface area contributed by atoms with E-state index in [1.165, 1.54) is 11.1 Å². The number of ether oxygens (including phenoxy) is 1. The Morgan fingerprint density at radius 2 is 1.73 bits per heavy atom. The Labute approximate surface area is 180 Å². The van der Waals surface area contributed by atoms with Crippen LogP contribution in [-0.2, 0) is 10.8 Å². The molecule has 30 heavy (non-hydrogen) atoms. The quantitative estimate of drug-likeness (QED) is 0.579. The summed E-state index contributed by atoms with van der Waals surface area (Å²) >= 11 is 0.947. The van der Waals surface area contributed by atoms with E-state index in [0.717, 1.165) is 41.0 Å². The molecule has 4 rings (SSSR count). The van der Waals surface area contributed by atoms with Gasteiger partial charge in [-0.1, -0.05) is 45.1 Å². The average molecular weight is 425 g/mol. The third-order valence-electron chi connectivity index (χ3n) is 6.39. The van der Waals surface area contributed by atoms with Crippen LogP contribution in [0, 0.1) is 6.92 Å². The van der Waals surface area contributed by atoms with Gasteiger partial charge in [0, 0.05) is 5.56 Å². The first-order valence-electron chi connectivity index (χ1n) is 10.2. The number of thiazole rings is 1. The van der Waals surface area contributed by atoms with E-state index < -0.39 is 0 Å². The molecule has 0 fully saturated rings. The first-order chi connectivity index (χ1) is 14.0. The zero-order valence-corrected chi connectivity index (χ0v) is 19.2. The van der Waals surface area contributed by atoms with Crippen LogP contribution in [0.4, 0.5) is 0 Å². The number of fused-ring (bicyclic) bond motifs is 1. The fourth-order valence-electron chi connectivity index (χ4n) is 4.40. The maximum absolute atomic E-state index is 11.7. The number of methoxy groups -OCH3 is 1. The fourth-order valence-corrected chi connectivity index (χ4v) is 5.10. The van der Waals surface area contributed by atoms with Crippen molar-refractivity contribution in [1.82, 2.24) is 9.97 Å². The number of nitrogens with one attached hydrogen (secondary N) is 1. The Bertz CT molecular complexity index is 1190. The molecule has 6 heteroatoms. The zero-order valence-electron chi connectivity index (χ0n) is 18.3. The lowest BCUT2D eigenvalue weighted by Crippen LogP contribution is -2.34. The van der Waals surface area contributed by atoms with Crippen molar-refractivity contribution >= 4 is 11.3 Å². The smallest absolute Gasteiger partial charge is 0.308 e. The largest absolute Gasteiger partial charge is 0.494 e. The summed E-state index contributed by atoms with van der Waals surface area (Å²) in [5.74, 6) is 0.510. The molecule has 0 spiro atoms. The van der Waals surface area contributed by atoms with Crippen LogP contribution in [0.25, 0.3) is 21.8 Å². The van der Waals surface area contributed by atoms with Crippen molar-refractivity contribution in [1.29, 1.82) is 0 Å². The molecule has 5 nitrogen and oxygen atoms in total. The van der Waals surface area contributed by atoms with Crippen molar-refractivity contribution in [3.8, 4) is 33.5 Å². The lowest BCUT2D eigenvalue weighted by Gasteiger charge is -2.42. The van der Waals surface area contributed by atoms with Crippen LogP contribution < -0.4 is 9.61 Å². The van der Waals surface area contributed by atoms with E-state index in [2.05, 4.69) is 51.7 Å². The molecule has 0 atom stereocenters. The molecule has 0 saturated carbocycles. The molecule has 0 radical (unpaired) electrons. The summed E-state index contributed by atoms with van der Waals surface area (Å²) < 4.78 is 5.63. The number of aryl methyl sites for hydroxylation is 1. The summed E-state index contributed by atoms with van der Waals surface area (Å²) in [6, 6.07) is 8.17. The van der Waals surface area contributed by atoms with E-state index in [9.17, 15) is 9.90 Å². The number of pyridine rings is 1. The van der Waals surface area contributed by atoms with E-state index in [1.807, 2.05) is 6.07 Å². The number of benzene rings is 1. The molecule has 0 amide bonds. The molecule has 2 heterocycles. The molecular formula is C24H28N2O3S. The Balaban J connectivity index is 1.95. The van der Waals surface area contributed by atoms with Gasteiger partial charge in [0.2, 0.25) is 5.88 Å². The highest BCUT2D eigenvalue weighted by Crippen LogP contribution is 2.48. The van der Waals surface area contributed by atoms with Gasteiger partial charge in [-0.2, -0.15) is 0 Å². The topological polar surface area (TPSA) is 75.2 Å². The number of H-pyrrole nitrogens is 1. The Hall–Kier alpha value is -2.60. The Morgan fingerprint density at radius 3 is 2.30 bits per heavy atom. The zero-order chi connectivity index (χ0) is 21.8. The minimum atomic E-state index is -0.310. The number of aromatic hydroxyl groups is 1. The Morgan fingerprint density at radius 1 is 1.10 bits per heavy atom. The van der Waals surface area contributed by atoms with Crippen LogP contribution in [0.15, 0.2) is 29.1 Å². The van der Waals surface area contributed by atoms with Crippen molar-refractivity contribution in [2.75, 3.05) is 7.11 Å². The summed E-state index contributed by atoms with van der Waals surface area (Å²) in [7, 11) is 1.63. The molecule has 2 N–H and O–H groups in total. The first-order valence-corrected chi connectivity index (χ1v) is 11.0. The van der Waals surface area contributed by atoms with Crippen molar-refractivity contribution in [2.45, 2.75) is 58.3 Å². The molecule has 3 aromatic rings. The van der Waals surface area contributed by atoms with Crippen LogP contribution in [0.3, 0.4) is 0 Å². The molecule has 0 saturated heterocycles. The second-order valence-corrected chi connectivity index (χ2v) is 10.4. The summed E-state index contributed by atoms with van der Waals surface area (Å²) in [5, 5.41) is 10.1. The van der Waals surface area contributed by atoms with Crippen molar-refractivity contribution in [3.63, 3.8) is 0 Å². The number of aromatic nitrogens is 2. The highest BCUT2D eigenvalue weighted by Gasteiger charge is 2.37. The van der Waals surface area contributed by atoms with Gasteiger partial charge in [-0.05, 0) is 65.5 Å². The van der Waals surface area contributed by atoms with E-state index in [4.69, 9.17) is 9.72 Å². The van der Waals surface area contributed by atoms with Gasteiger partial charge in [-0.3, -0.25) is 9.78 Å². The lowest BCUT2D eigenvalue weighted by atomic mass is 9.62. The molecule has 0 bridgehead atoms. The summed E-state index contributed by atoms with van der Waals surface area (Å²) in [6.45, 7) is 11.3. The number of aromatic amines is 1.